The van der Waals surface area contributed by atoms with Crippen molar-refractivity contribution in [1.29, 1.82) is 0 Å². The number of para-hydroxylation sites is 2. The second kappa shape index (κ2) is 7.20. The van der Waals surface area contributed by atoms with Crippen LogP contribution in [0.15, 0.2) is 52.4 Å². The largest absolute Gasteiger partial charge is 0.504 e. The molecule has 1 aliphatic rings. The Morgan fingerprint density at radius 2 is 1.96 bits per heavy atom. The minimum atomic E-state index is 0.0480. The summed E-state index contributed by atoms with van der Waals surface area (Å²) in [6.45, 7) is 7.04. The maximum Gasteiger partial charge on any atom is 0.218 e. The van der Waals surface area contributed by atoms with Crippen LogP contribution in [0.2, 0.25) is 0 Å². The fourth-order valence-corrected chi connectivity index (χ4v) is 2.68. The normalized spacial score (nSPS) is 17.2. The lowest BCUT2D eigenvalue weighted by Crippen LogP contribution is -2.25. The van der Waals surface area contributed by atoms with Crippen molar-refractivity contribution in [2.45, 2.75) is 26.8 Å². The Balaban J connectivity index is 1.92. The van der Waals surface area contributed by atoms with E-state index in [4.69, 9.17) is 14.5 Å². The van der Waals surface area contributed by atoms with Gasteiger partial charge in [-0.1, -0.05) is 39.0 Å². The van der Waals surface area contributed by atoms with E-state index in [0.29, 0.717) is 23.8 Å². The fraction of sp³-hybridized carbons (Fsp3) is 0.333. The smallest absolute Gasteiger partial charge is 0.218 e. The molecule has 26 heavy (non-hydrogen) atoms. The number of aliphatic imine (C=N–C) groups is 2. The average molecular weight is 352 g/mol. The van der Waals surface area contributed by atoms with Crippen molar-refractivity contribution in [3.63, 3.8) is 0 Å². The summed E-state index contributed by atoms with van der Waals surface area (Å²) in [7, 11) is 1.52. The molecule has 0 amide bonds. The van der Waals surface area contributed by atoms with Gasteiger partial charge in [-0.05, 0) is 29.7 Å². The number of nitrogens with zero attached hydrogens (tertiary/aromatic N) is 2. The number of ether oxygens (including phenoxy) is 2. The van der Waals surface area contributed by atoms with Crippen LogP contribution in [0.5, 0.6) is 11.5 Å². The van der Waals surface area contributed by atoms with Crippen molar-refractivity contribution in [1.82, 2.24) is 0 Å². The third-order valence-electron chi connectivity index (χ3n) is 4.38. The van der Waals surface area contributed by atoms with Gasteiger partial charge in [0.1, 0.15) is 6.61 Å². The highest BCUT2D eigenvalue weighted by Crippen LogP contribution is 2.31. The van der Waals surface area contributed by atoms with Gasteiger partial charge in [0, 0.05) is 11.8 Å². The zero-order valence-electron chi connectivity index (χ0n) is 15.6. The van der Waals surface area contributed by atoms with Crippen LogP contribution in [-0.4, -0.2) is 37.0 Å². The van der Waals surface area contributed by atoms with Crippen molar-refractivity contribution in [2.24, 2.45) is 15.4 Å². The van der Waals surface area contributed by atoms with E-state index >= 15 is 0 Å². The van der Waals surface area contributed by atoms with E-state index in [-0.39, 0.29) is 17.2 Å². The van der Waals surface area contributed by atoms with E-state index in [1.54, 1.807) is 18.3 Å². The number of phenolic OH excluding ortho intramolecular Hbond substituents is 1. The van der Waals surface area contributed by atoms with Crippen molar-refractivity contribution in [3.05, 3.63) is 53.6 Å². The minimum absolute atomic E-state index is 0.0480. The Kier molecular flexibility index (Phi) is 4.98. The van der Waals surface area contributed by atoms with Crippen molar-refractivity contribution < 1.29 is 14.6 Å². The molecule has 1 aliphatic heterocycles. The predicted octanol–water partition coefficient (Wildman–Crippen LogP) is 4.34. The molecule has 5 nitrogen and oxygen atoms in total. The minimum Gasteiger partial charge on any atom is -0.504 e. The second-order valence-corrected chi connectivity index (χ2v) is 7.30. The maximum atomic E-state index is 10.2. The van der Waals surface area contributed by atoms with Gasteiger partial charge in [0.25, 0.3) is 0 Å². The van der Waals surface area contributed by atoms with Crippen LogP contribution < -0.4 is 4.74 Å². The van der Waals surface area contributed by atoms with Gasteiger partial charge >= 0.3 is 0 Å². The summed E-state index contributed by atoms with van der Waals surface area (Å²) in [5, 5.41) is 10.2. The van der Waals surface area contributed by atoms with Crippen LogP contribution in [0, 0.1) is 5.41 Å². The molecule has 0 aliphatic carbocycles. The lowest BCUT2D eigenvalue weighted by atomic mass is 9.88. The lowest BCUT2D eigenvalue weighted by molar-refractivity contribution is 0.236. The third kappa shape index (κ3) is 3.72. The van der Waals surface area contributed by atoms with Crippen LogP contribution >= 0.6 is 0 Å². The molecule has 1 heterocycles. The molecule has 2 aromatic rings. The molecule has 0 aromatic heterocycles. The molecule has 0 saturated heterocycles. The predicted molar refractivity (Wildman–Crippen MR) is 104 cm³/mol. The Morgan fingerprint density at radius 1 is 1.19 bits per heavy atom. The molecule has 136 valence electrons. The van der Waals surface area contributed by atoms with E-state index in [2.05, 4.69) is 25.8 Å². The fourth-order valence-electron chi connectivity index (χ4n) is 2.68. The number of phenols is 1. The highest BCUT2D eigenvalue weighted by molar-refractivity contribution is 6.01. The summed E-state index contributed by atoms with van der Waals surface area (Å²) >= 11 is 0. The molecule has 0 saturated carbocycles. The summed E-state index contributed by atoms with van der Waals surface area (Å²) in [6, 6.07) is 13.1. The van der Waals surface area contributed by atoms with Crippen LogP contribution in [0.25, 0.3) is 0 Å². The molecule has 0 bridgehead atoms. The van der Waals surface area contributed by atoms with Crippen LogP contribution in [0.4, 0.5) is 5.69 Å². The molecule has 3 rings (SSSR count). The summed E-state index contributed by atoms with van der Waals surface area (Å²) in [5.41, 5.74) is 2.22. The first-order valence-electron chi connectivity index (χ1n) is 8.60. The number of benzene rings is 2. The van der Waals surface area contributed by atoms with Crippen LogP contribution in [-0.2, 0) is 4.74 Å². The van der Waals surface area contributed by atoms with Crippen molar-refractivity contribution in [2.75, 3.05) is 13.7 Å². The summed E-state index contributed by atoms with van der Waals surface area (Å²) in [4.78, 5) is 9.28. The summed E-state index contributed by atoms with van der Waals surface area (Å²) in [5.74, 6) is 1.10. The molecular formula is C21H24N2O3. The quantitative estimate of drug-likeness (QED) is 0.833. The number of rotatable bonds is 4. The van der Waals surface area contributed by atoms with Crippen LogP contribution in [0.3, 0.4) is 0 Å². The van der Waals surface area contributed by atoms with Gasteiger partial charge in [-0.2, -0.15) is 0 Å². The van der Waals surface area contributed by atoms with E-state index < -0.39 is 0 Å². The van der Waals surface area contributed by atoms with Crippen molar-refractivity contribution >= 4 is 17.8 Å². The lowest BCUT2D eigenvalue weighted by Gasteiger charge is -2.21. The summed E-state index contributed by atoms with van der Waals surface area (Å²) < 4.78 is 11.0. The van der Waals surface area contributed by atoms with E-state index in [0.717, 1.165) is 11.3 Å². The van der Waals surface area contributed by atoms with Gasteiger partial charge in [0.05, 0.1) is 24.4 Å². The Morgan fingerprint density at radius 3 is 2.65 bits per heavy atom. The Bertz CT molecular complexity index is 851. The van der Waals surface area contributed by atoms with Gasteiger partial charge in [-0.25, -0.2) is 4.99 Å². The molecule has 2 aromatic carbocycles. The van der Waals surface area contributed by atoms with E-state index in [1.165, 1.54) is 7.11 Å². The first-order valence-corrected chi connectivity index (χ1v) is 8.60. The Labute approximate surface area is 154 Å². The second-order valence-electron chi connectivity index (χ2n) is 7.30. The highest BCUT2D eigenvalue weighted by Gasteiger charge is 2.31. The molecule has 5 heteroatoms. The molecule has 1 N–H and O–H groups in total. The number of hydrogen-bond donors (Lipinski definition) is 1. The van der Waals surface area contributed by atoms with Crippen LogP contribution in [0.1, 0.15) is 31.9 Å². The number of aromatic hydroxyl groups is 1. The number of methoxy groups -OCH3 is 1. The first-order chi connectivity index (χ1) is 12.4. The molecule has 1 atom stereocenters. The van der Waals surface area contributed by atoms with Gasteiger partial charge in [0.15, 0.2) is 11.5 Å². The molecular weight excluding hydrogens is 328 g/mol. The summed E-state index contributed by atoms with van der Waals surface area (Å²) in [6.07, 6.45) is 1.62. The van der Waals surface area contributed by atoms with Crippen molar-refractivity contribution in [3.8, 4) is 11.5 Å². The first kappa shape index (κ1) is 18.0. The topological polar surface area (TPSA) is 63.4 Å². The molecule has 0 unspecified atom stereocenters. The zero-order chi connectivity index (χ0) is 18.7. The molecule has 0 fully saturated rings. The maximum absolute atomic E-state index is 10.2. The van der Waals surface area contributed by atoms with Gasteiger partial charge in [-0.3, -0.25) is 4.99 Å². The monoisotopic (exact) mass is 352 g/mol. The third-order valence-corrected chi connectivity index (χ3v) is 4.38. The van der Waals surface area contributed by atoms with Gasteiger partial charge in [0.2, 0.25) is 5.90 Å². The van der Waals surface area contributed by atoms with Gasteiger partial charge in [-0.15, -0.1) is 0 Å². The van der Waals surface area contributed by atoms with E-state index in [1.807, 2.05) is 30.3 Å². The number of hydrogen-bond acceptors (Lipinski definition) is 5. The molecule has 0 spiro atoms. The van der Waals surface area contributed by atoms with Gasteiger partial charge < -0.3 is 14.6 Å². The highest BCUT2D eigenvalue weighted by atomic mass is 16.5. The average Bonchev–Trinajstić information content (AvgIpc) is 3.11. The SMILES string of the molecule is COc1cccc(C=Nc2ccccc2C2=N[C@@H](C(C)(C)C)CO2)c1O. The zero-order valence-corrected chi connectivity index (χ0v) is 15.6. The standard InChI is InChI=1S/C21H24N2O3/c1-21(2,3)18-13-26-20(23-18)15-9-5-6-10-16(15)22-12-14-8-7-11-17(25-4)19(14)24/h5-12,18,24H,13H2,1-4H3/t18-/m1/s1. The Hall–Kier alpha value is -2.82. The van der Waals surface area contributed by atoms with E-state index in [9.17, 15) is 5.11 Å². The molecule has 0 radical (unpaired) electrons.